The summed E-state index contributed by atoms with van der Waals surface area (Å²) in [5, 5.41) is 12.8. The Bertz CT molecular complexity index is 551. The molecule has 0 amide bonds. The Morgan fingerprint density at radius 3 is 2.47 bits per heavy atom. The van der Waals surface area contributed by atoms with E-state index in [0.717, 1.165) is 16.6 Å². The second-order valence-electron chi connectivity index (χ2n) is 4.90. The van der Waals surface area contributed by atoms with Crippen molar-refractivity contribution in [3.63, 3.8) is 0 Å². The van der Waals surface area contributed by atoms with Crippen molar-refractivity contribution in [3.8, 4) is 5.75 Å². The van der Waals surface area contributed by atoms with Gasteiger partial charge in [0.25, 0.3) is 0 Å². The summed E-state index contributed by atoms with van der Waals surface area (Å²) in [6.07, 6.45) is 0.917. The largest absolute Gasteiger partial charge is 0.508 e. The van der Waals surface area contributed by atoms with Gasteiger partial charge in [-0.3, -0.25) is 0 Å². The molecule has 2 nitrogen and oxygen atoms in total. The minimum absolute atomic E-state index is 0.311. The van der Waals surface area contributed by atoms with E-state index >= 15 is 0 Å². The molecule has 0 bridgehead atoms. The average molecular weight is 320 g/mol. The first-order chi connectivity index (χ1) is 9.04. The number of rotatable bonds is 4. The van der Waals surface area contributed by atoms with Gasteiger partial charge in [0, 0.05) is 16.2 Å². The minimum Gasteiger partial charge on any atom is -0.508 e. The second-order valence-corrected chi connectivity index (χ2v) is 5.75. The lowest BCUT2D eigenvalue weighted by atomic mass is 10.1. The second kappa shape index (κ2) is 6.11. The van der Waals surface area contributed by atoms with Crippen molar-refractivity contribution in [2.24, 2.45) is 0 Å². The van der Waals surface area contributed by atoms with E-state index in [9.17, 15) is 5.11 Å². The summed E-state index contributed by atoms with van der Waals surface area (Å²) in [7, 11) is 0. The number of halogens is 1. The van der Waals surface area contributed by atoms with Crippen molar-refractivity contribution in [1.82, 2.24) is 0 Å². The number of anilines is 1. The zero-order valence-corrected chi connectivity index (χ0v) is 12.7. The zero-order chi connectivity index (χ0) is 13.8. The highest BCUT2D eigenvalue weighted by Crippen LogP contribution is 2.24. The van der Waals surface area contributed by atoms with Crippen molar-refractivity contribution in [3.05, 3.63) is 58.1 Å². The van der Waals surface area contributed by atoms with Crippen molar-refractivity contribution in [1.29, 1.82) is 0 Å². The Kier molecular flexibility index (Phi) is 4.48. The van der Waals surface area contributed by atoms with Gasteiger partial charge in [0.1, 0.15) is 5.75 Å². The van der Waals surface area contributed by atoms with Crippen LogP contribution in [0.15, 0.2) is 46.9 Å². The molecule has 0 aromatic heterocycles. The molecule has 0 saturated heterocycles. The molecule has 0 saturated carbocycles. The number of hydrogen-bond donors (Lipinski definition) is 2. The summed E-state index contributed by atoms with van der Waals surface area (Å²) in [5.41, 5.74) is 3.56. The van der Waals surface area contributed by atoms with Crippen LogP contribution in [0.5, 0.6) is 5.75 Å². The van der Waals surface area contributed by atoms with E-state index in [1.807, 2.05) is 12.1 Å². The van der Waals surface area contributed by atoms with Crippen molar-refractivity contribution in [2.45, 2.75) is 26.3 Å². The smallest absolute Gasteiger partial charge is 0.115 e. The first-order valence-electron chi connectivity index (χ1n) is 6.35. The first kappa shape index (κ1) is 13.9. The van der Waals surface area contributed by atoms with E-state index in [2.05, 4.69) is 53.3 Å². The van der Waals surface area contributed by atoms with Crippen LogP contribution >= 0.6 is 15.9 Å². The predicted molar refractivity (Wildman–Crippen MR) is 83.8 cm³/mol. The van der Waals surface area contributed by atoms with Gasteiger partial charge in [-0.2, -0.15) is 0 Å². The topological polar surface area (TPSA) is 32.3 Å². The predicted octanol–water partition coefficient (Wildman–Crippen LogP) is 4.51. The molecule has 0 spiro atoms. The van der Waals surface area contributed by atoms with Crippen LogP contribution in [0.4, 0.5) is 5.69 Å². The molecule has 3 heteroatoms. The third-order valence-corrected chi connectivity index (χ3v) is 3.66. The molecule has 1 atom stereocenters. The number of phenolic OH excluding ortho intramolecular Hbond substituents is 1. The van der Waals surface area contributed by atoms with E-state index < -0.39 is 0 Å². The fraction of sp³-hybridized carbons (Fsp3) is 0.250. The lowest BCUT2D eigenvalue weighted by molar-refractivity contribution is 0.475. The van der Waals surface area contributed by atoms with Crippen LogP contribution in [0.3, 0.4) is 0 Å². The molecule has 2 N–H and O–H groups in total. The Morgan fingerprint density at radius 2 is 1.84 bits per heavy atom. The maximum absolute atomic E-state index is 9.27. The Morgan fingerprint density at radius 1 is 1.16 bits per heavy atom. The molecule has 0 radical (unpaired) electrons. The number of hydrogen-bond acceptors (Lipinski definition) is 2. The molecule has 2 rings (SSSR count). The van der Waals surface area contributed by atoms with Crippen molar-refractivity contribution in [2.75, 3.05) is 5.32 Å². The SMILES string of the molecule is Cc1ccc(NC(C)Cc2ccc(O)cc2)c(Br)c1. The van der Waals surface area contributed by atoms with Gasteiger partial charge in [-0.15, -0.1) is 0 Å². The fourth-order valence-electron chi connectivity index (χ4n) is 2.04. The molecule has 19 heavy (non-hydrogen) atoms. The average Bonchev–Trinajstić information content (AvgIpc) is 2.36. The fourth-order valence-corrected chi connectivity index (χ4v) is 2.65. The van der Waals surface area contributed by atoms with Crippen LogP contribution < -0.4 is 5.32 Å². The van der Waals surface area contributed by atoms with E-state index in [1.54, 1.807) is 12.1 Å². The van der Waals surface area contributed by atoms with Crippen LogP contribution in [-0.4, -0.2) is 11.1 Å². The van der Waals surface area contributed by atoms with Gasteiger partial charge in [-0.1, -0.05) is 18.2 Å². The molecular formula is C16H18BrNO. The van der Waals surface area contributed by atoms with E-state index in [1.165, 1.54) is 11.1 Å². The van der Waals surface area contributed by atoms with Gasteiger partial charge in [0.05, 0.1) is 0 Å². The number of phenols is 1. The zero-order valence-electron chi connectivity index (χ0n) is 11.2. The van der Waals surface area contributed by atoms with Crippen LogP contribution in [0, 0.1) is 6.92 Å². The molecule has 0 aliphatic rings. The third kappa shape index (κ3) is 4.00. The molecule has 0 heterocycles. The Hall–Kier alpha value is -1.48. The highest BCUT2D eigenvalue weighted by Gasteiger charge is 2.06. The van der Waals surface area contributed by atoms with E-state index in [0.29, 0.717) is 11.8 Å². The molecule has 0 fully saturated rings. The lowest BCUT2D eigenvalue weighted by Crippen LogP contribution is -2.18. The quantitative estimate of drug-likeness (QED) is 0.869. The summed E-state index contributed by atoms with van der Waals surface area (Å²) >= 11 is 3.58. The van der Waals surface area contributed by atoms with E-state index in [4.69, 9.17) is 0 Å². The number of benzene rings is 2. The maximum atomic E-state index is 9.27. The van der Waals surface area contributed by atoms with Gasteiger partial charge in [-0.05, 0) is 71.6 Å². The van der Waals surface area contributed by atoms with Gasteiger partial charge in [0.2, 0.25) is 0 Å². The lowest BCUT2D eigenvalue weighted by Gasteiger charge is -2.17. The summed E-state index contributed by atoms with van der Waals surface area (Å²) < 4.78 is 1.09. The van der Waals surface area contributed by atoms with Gasteiger partial charge < -0.3 is 10.4 Å². The molecule has 0 aliphatic carbocycles. The van der Waals surface area contributed by atoms with Gasteiger partial charge in [-0.25, -0.2) is 0 Å². The molecule has 0 aliphatic heterocycles. The van der Waals surface area contributed by atoms with Crippen LogP contribution in [-0.2, 0) is 6.42 Å². The summed E-state index contributed by atoms with van der Waals surface area (Å²) in [6, 6.07) is 14.0. The molecule has 2 aromatic rings. The Labute approximate surface area is 122 Å². The maximum Gasteiger partial charge on any atom is 0.115 e. The van der Waals surface area contributed by atoms with Crippen LogP contribution in [0.2, 0.25) is 0 Å². The molecule has 100 valence electrons. The van der Waals surface area contributed by atoms with E-state index in [-0.39, 0.29) is 0 Å². The standard InChI is InChI=1S/C16H18BrNO/c1-11-3-8-16(15(17)9-11)18-12(2)10-13-4-6-14(19)7-5-13/h3-9,12,18-19H,10H2,1-2H3. The normalized spacial score (nSPS) is 12.2. The molecule has 2 aromatic carbocycles. The highest BCUT2D eigenvalue weighted by atomic mass is 79.9. The minimum atomic E-state index is 0.311. The molecule has 1 unspecified atom stereocenters. The van der Waals surface area contributed by atoms with Crippen LogP contribution in [0.25, 0.3) is 0 Å². The molecular weight excluding hydrogens is 302 g/mol. The number of aryl methyl sites for hydroxylation is 1. The third-order valence-electron chi connectivity index (χ3n) is 3.00. The van der Waals surface area contributed by atoms with Crippen LogP contribution in [0.1, 0.15) is 18.1 Å². The monoisotopic (exact) mass is 319 g/mol. The van der Waals surface area contributed by atoms with Gasteiger partial charge >= 0.3 is 0 Å². The van der Waals surface area contributed by atoms with Crippen molar-refractivity contribution < 1.29 is 5.11 Å². The van der Waals surface area contributed by atoms with Crippen molar-refractivity contribution >= 4 is 21.6 Å². The summed E-state index contributed by atoms with van der Waals surface area (Å²) in [5.74, 6) is 0.311. The van der Waals surface area contributed by atoms with Gasteiger partial charge in [0.15, 0.2) is 0 Å². The highest BCUT2D eigenvalue weighted by molar-refractivity contribution is 9.10. The number of nitrogens with one attached hydrogen (secondary N) is 1. The first-order valence-corrected chi connectivity index (χ1v) is 7.14. The Balaban J connectivity index is 2.01. The summed E-state index contributed by atoms with van der Waals surface area (Å²) in [4.78, 5) is 0. The summed E-state index contributed by atoms with van der Waals surface area (Å²) in [6.45, 7) is 4.23. The number of aromatic hydroxyl groups is 1.